The van der Waals surface area contributed by atoms with Gasteiger partial charge in [0.15, 0.2) is 5.65 Å². The molecule has 1 N–H and O–H groups in total. The number of aromatic nitrogens is 4. The van der Waals surface area contributed by atoms with Crippen LogP contribution in [0.1, 0.15) is 45.4 Å². The molecule has 3 fully saturated rings. The maximum absolute atomic E-state index is 12.7. The fourth-order valence-electron chi connectivity index (χ4n) is 5.62. The topological polar surface area (TPSA) is 78.0 Å². The van der Waals surface area contributed by atoms with Gasteiger partial charge in [0.25, 0.3) is 0 Å². The van der Waals surface area contributed by atoms with Gasteiger partial charge in [-0.2, -0.15) is 5.10 Å². The third-order valence-electron chi connectivity index (χ3n) is 6.61. The van der Waals surface area contributed by atoms with Crippen molar-refractivity contribution >= 4 is 22.8 Å². The minimum atomic E-state index is 0.388. The third-order valence-corrected chi connectivity index (χ3v) is 6.61. The summed E-state index contributed by atoms with van der Waals surface area (Å²) in [5, 5.41) is 8.09. The summed E-state index contributed by atoms with van der Waals surface area (Å²) in [6.45, 7) is 4.17. The molecule has 2 aromatic rings. The molecule has 3 aliphatic heterocycles. The molecule has 26 heavy (non-hydrogen) atoms. The zero-order chi connectivity index (χ0) is 17.7. The molecule has 4 atom stereocenters. The van der Waals surface area contributed by atoms with Gasteiger partial charge in [0.1, 0.15) is 12.1 Å². The van der Waals surface area contributed by atoms with E-state index in [0.717, 1.165) is 62.0 Å². The number of rotatable bonds is 3. The largest absolute Gasteiger partial charge is 0.355 e. The number of aromatic amines is 1. The number of nitrogens with one attached hydrogen (secondary N) is 1. The van der Waals surface area contributed by atoms with E-state index in [4.69, 9.17) is 0 Å². The molecule has 1 amide bonds. The highest BCUT2D eigenvalue weighted by Gasteiger charge is 2.49. The van der Waals surface area contributed by atoms with E-state index in [9.17, 15) is 4.79 Å². The summed E-state index contributed by atoms with van der Waals surface area (Å²) in [6.07, 6.45) is 9.87. The Bertz CT molecular complexity index is 819. The number of carbonyl (C=O) groups is 1. The molecule has 0 spiro atoms. The predicted octanol–water partition coefficient (Wildman–Crippen LogP) is 2.36. The van der Waals surface area contributed by atoms with E-state index in [0.29, 0.717) is 29.8 Å². The second kappa shape index (κ2) is 6.21. The first kappa shape index (κ1) is 16.0. The maximum atomic E-state index is 12.7. The molecule has 0 aromatic carbocycles. The molecule has 138 valence electrons. The highest BCUT2D eigenvalue weighted by atomic mass is 16.2. The predicted molar refractivity (Wildman–Crippen MR) is 98.7 cm³/mol. The monoisotopic (exact) mass is 354 g/mol. The summed E-state index contributed by atoms with van der Waals surface area (Å²) in [5.41, 5.74) is 0.797. The summed E-state index contributed by atoms with van der Waals surface area (Å²) >= 11 is 0. The minimum Gasteiger partial charge on any atom is -0.355 e. The lowest BCUT2D eigenvalue weighted by atomic mass is 9.71. The van der Waals surface area contributed by atoms with E-state index >= 15 is 0 Å². The smallest absolute Gasteiger partial charge is 0.223 e. The highest BCUT2D eigenvalue weighted by molar-refractivity contribution is 5.86. The molecule has 2 aromatic heterocycles. The number of hydrogen-bond donors (Lipinski definition) is 1. The van der Waals surface area contributed by atoms with E-state index in [1.807, 2.05) is 6.20 Å². The van der Waals surface area contributed by atoms with E-state index in [1.165, 1.54) is 6.42 Å². The molecule has 3 saturated heterocycles. The van der Waals surface area contributed by atoms with Crippen molar-refractivity contribution in [3.63, 3.8) is 0 Å². The van der Waals surface area contributed by atoms with Gasteiger partial charge in [0.2, 0.25) is 5.91 Å². The Kier molecular flexibility index (Phi) is 3.83. The number of piperidine rings is 3. The lowest BCUT2D eigenvalue weighted by molar-refractivity contribution is -0.149. The van der Waals surface area contributed by atoms with Crippen molar-refractivity contribution in [2.45, 2.75) is 57.5 Å². The average molecular weight is 354 g/mol. The molecule has 7 heteroatoms. The highest BCUT2D eigenvalue weighted by Crippen LogP contribution is 2.44. The SMILES string of the molecule is CCC[C@H]1[C@H]2C[C@H](CN(c3ncnc4[nH]ncc34)C2)[C@@H]2CCCC(=O)N21. The lowest BCUT2D eigenvalue weighted by Crippen LogP contribution is -2.65. The Hall–Kier alpha value is -2.18. The van der Waals surface area contributed by atoms with Crippen molar-refractivity contribution < 1.29 is 4.79 Å². The molecule has 5 rings (SSSR count). The van der Waals surface area contributed by atoms with Crippen molar-refractivity contribution in [1.82, 2.24) is 25.1 Å². The number of hydrogen-bond acceptors (Lipinski definition) is 5. The Morgan fingerprint density at radius 2 is 2.15 bits per heavy atom. The number of fused-ring (bicyclic) bond motifs is 5. The van der Waals surface area contributed by atoms with Crippen LogP contribution in [0.5, 0.6) is 0 Å². The van der Waals surface area contributed by atoms with Crippen molar-refractivity contribution in [2.24, 2.45) is 11.8 Å². The van der Waals surface area contributed by atoms with Crippen molar-refractivity contribution in [3.05, 3.63) is 12.5 Å². The Morgan fingerprint density at radius 3 is 3.04 bits per heavy atom. The number of anilines is 1. The van der Waals surface area contributed by atoms with Gasteiger partial charge in [0, 0.05) is 31.6 Å². The summed E-state index contributed by atoms with van der Waals surface area (Å²) in [4.78, 5) is 26.3. The summed E-state index contributed by atoms with van der Waals surface area (Å²) < 4.78 is 0. The molecule has 3 aliphatic rings. The van der Waals surface area contributed by atoms with Crippen LogP contribution in [0.3, 0.4) is 0 Å². The molecule has 2 bridgehead atoms. The molecule has 0 aliphatic carbocycles. The summed E-state index contributed by atoms with van der Waals surface area (Å²) in [6, 6.07) is 0.798. The van der Waals surface area contributed by atoms with Crippen LogP contribution >= 0.6 is 0 Å². The molecule has 0 saturated carbocycles. The normalized spacial score (nSPS) is 31.3. The number of H-pyrrole nitrogens is 1. The maximum Gasteiger partial charge on any atom is 0.223 e. The zero-order valence-electron chi connectivity index (χ0n) is 15.3. The molecule has 0 radical (unpaired) electrons. The Labute approximate surface area is 153 Å². The van der Waals surface area contributed by atoms with Crippen LogP contribution in [0.2, 0.25) is 0 Å². The van der Waals surface area contributed by atoms with Crippen molar-refractivity contribution in [1.29, 1.82) is 0 Å². The van der Waals surface area contributed by atoms with Crippen LogP contribution in [-0.4, -0.2) is 56.1 Å². The second-order valence-electron chi connectivity index (χ2n) is 8.11. The fourth-order valence-corrected chi connectivity index (χ4v) is 5.62. The van der Waals surface area contributed by atoms with Gasteiger partial charge >= 0.3 is 0 Å². The van der Waals surface area contributed by atoms with Gasteiger partial charge in [-0.1, -0.05) is 13.3 Å². The molecule has 7 nitrogen and oxygen atoms in total. The van der Waals surface area contributed by atoms with Crippen LogP contribution < -0.4 is 4.90 Å². The van der Waals surface area contributed by atoms with E-state index < -0.39 is 0 Å². The van der Waals surface area contributed by atoms with Crippen molar-refractivity contribution in [2.75, 3.05) is 18.0 Å². The second-order valence-corrected chi connectivity index (χ2v) is 8.11. The first-order valence-corrected chi connectivity index (χ1v) is 9.96. The van der Waals surface area contributed by atoms with Crippen LogP contribution in [0.25, 0.3) is 11.0 Å². The Balaban J connectivity index is 1.50. The average Bonchev–Trinajstić information content (AvgIpc) is 3.14. The van der Waals surface area contributed by atoms with Crippen LogP contribution in [0.15, 0.2) is 12.5 Å². The quantitative estimate of drug-likeness (QED) is 0.915. The van der Waals surface area contributed by atoms with E-state index in [1.54, 1.807) is 6.33 Å². The third kappa shape index (κ3) is 2.40. The molecule has 5 heterocycles. The Morgan fingerprint density at radius 1 is 1.27 bits per heavy atom. The molecule has 0 unspecified atom stereocenters. The number of nitrogens with zero attached hydrogens (tertiary/aromatic N) is 5. The van der Waals surface area contributed by atoms with Crippen molar-refractivity contribution in [3.8, 4) is 0 Å². The van der Waals surface area contributed by atoms with Gasteiger partial charge in [-0.05, 0) is 37.5 Å². The minimum absolute atomic E-state index is 0.388. The molecular weight excluding hydrogens is 328 g/mol. The standard InChI is InChI=1S/C19H26N6O/c1-2-4-15-12-7-13(16-5-3-6-17(26)25(15)16)10-24(9-12)19-14-8-22-23-18(14)20-11-21-19/h8,11-13,15-16H,2-7,9-10H2,1H3,(H,20,21,22,23)/t12-,13+,15-,16-/m0/s1. The molecular formula is C19H26N6O. The van der Waals surface area contributed by atoms with Crippen LogP contribution in [-0.2, 0) is 4.79 Å². The summed E-state index contributed by atoms with van der Waals surface area (Å²) in [5.74, 6) is 2.46. The first-order valence-electron chi connectivity index (χ1n) is 9.96. The van der Waals surface area contributed by atoms with Gasteiger partial charge in [-0.25, -0.2) is 9.97 Å². The van der Waals surface area contributed by atoms with E-state index in [2.05, 4.69) is 36.9 Å². The number of amides is 1. The van der Waals surface area contributed by atoms with Gasteiger partial charge in [-0.15, -0.1) is 0 Å². The fraction of sp³-hybridized carbons (Fsp3) is 0.684. The number of carbonyl (C=O) groups excluding carboxylic acids is 1. The zero-order valence-corrected chi connectivity index (χ0v) is 15.3. The van der Waals surface area contributed by atoms with E-state index in [-0.39, 0.29) is 0 Å². The lowest BCUT2D eigenvalue weighted by Gasteiger charge is -2.57. The first-order chi connectivity index (χ1) is 12.8. The van der Waals surface area contributed by atoms with Gasteiger partial charge in [-0.3, -0.25) is 9.89 Å². The van der Waals surface area contributed by atoms with Crippen LogP contribution in [0, 0.1) is 11.8 Å². The summed E-state index contributed by atoms with van der Waals surface area (Å²) in [7, 11) is 0. The van der Waals surface area contributed by atoms with Gasteiger partial charge < -0.3 is 9.80 Å². The van der Waals surface area contributed by atoms with Crippen LogP contribution in [0.4, 0.5) is 5.82 Å². The van der Waals surface area contributed by atoms with Gasteiger partial charge in [0.05, 0.1) is 11.6 Å².